The summed E-state index contributed by atoms with van der Waals surface area (Å²) in [4.78, 5) is 30.4. The van der Waals surface area contributed by atoms with E-state index in [-0.39, 0.29) is 17.1 Å². The van der Waals surface area contributed by atoms with Gasteiger partial charge >= 0.3 is 0 Å². The highest BCUT2D eigenvalue weighted by Crippen LogP contribution is 2.20. The van der Waals surface area contributed by atoms with Gasteiger partial charge in [-0.1, -0.05) is 65.8 Å². The summed E-state index contributed by atoms with van der Waals surface area (Å²) in [5, 5.41) is 1.72. The van der Waals surface area contributed by atoms with Crippen LogP contribution in [-0.4, -0.2) is 21.1 Å². The third-order valence-corrected chi connectivity index (χ3v) is 6.02. The summed E-state index contributed by atoms with van der Waals surface area (Å²) >= 11 is 7.19. The average Bonchev–Trinajstić information content (AvgIpc) is 2.78. The fraction of sp³-hybridized carbons (Fsp3) is 0.125. The van der Waals surface area contributed by atoms with Crippen molar-refractivity contribution in [3.05, 3.63) is 105 Å². The fourth-order valence-corrected chi connectivity index (χ4v) is 4.24. The second kappa shape index (κ2) is 9.28. The zero-order valence-corrected chi connectivity index (χ0v) is 17.7. The highest BCUT2D eigenvalue weighted by atomic mass is 35.5. The molecular weight excluding hydrogens is 416 g/mol. The molecule has 30 heavy (non-hydrogen) atoms. The second-order valence-corrected chi connectivity index (χ2v) is 8.20. The molecule has 0 aliphatic heterocycles. The van der Waals surface area contributed by atoms with Crippen LogP contribution < -0.4 is 5.56 Å². The summed E-state index contributed by atoms with van der Waals surface area (Å²) in [6.07, 6.45) is 0.708. The van der Waals surface area contributed by atoms with Crippen LogP contribution in [0.25, 0.3) is 10.9 Å². The summed E-state index contributed by atoms with van der Waals surface area (Å²) < 4.78 is 1.68. The summed E-state index contributed by atoms with van der Waals surface area (Å²) in [5.41, 5.74) is 2.29. The number of hydrogen-bond donors (Lipinski definition) is 0. The van der Waals surface area contributed by atoms with Crippen LogP contribution in [0, 0.1) is 0 Å². The number of halogens is 1. The lowest BCUT2D eigenvalue weighted by Crippen LogP contribution is -2.24. The Bertz CT molecular complexity index is 1240. The molecule has 0 fully saturated rings. The van der Waals surface area contributed by atoms with E-state index in [1.54, 1.807) is 34.9 Å². The van der Waals surface area contributed by atoms with Crippen molar-refractivity contribution in [3.8, 4) is 0 Å². The zero-order chi connectivity index (χ0) is 20.9. The van der Waals surface area contributed by atoms with Gasteiger partial charge in [0.2, 0.25) is 0 Å². The smallest absolute Gasteiger partial charge is 0.262 e. The molecule has 0 saturated carbocycles. The van der Waals surface area contributed by atoms with Gasteiger partial charge in [-0.2, -0.15) is 0 Å². The molecule has 150 valence electrons. The molecule has 0 spiro atoms. The molecule has 4 rings (SSSR count). The lowest BCUT2D eigenvalue weighted by atomic mass is 10.1. The molecule has 1 aromatic heterocycles. The van der Waals surface area contributed by atoms with Gasteiger partial charge in [-0.3, -0.25) is 14.2 Å². The molecule has 3 aromatic carbocycles. The Labute approximate surface area is 183 Å². The van der Waals surface area contributed by atoms with Crippen LogP contribution in [0.4, 0.5) is 0 Å². The Morgan fingerprint density at radius 2 is 1.63 bits per heavy atom. The van der Waals surface area contributed by atoms with Crippen LogP contribution in [0.3, 0.4) is 0 Å². The van der Waals surface area contributed by atoms with E-state index in [1.165, 1.54) is 11.8 Å². The third-order valence-electron chi connectivity index (χ3n) is 4.79. The molecule has 1 heterocycles. The van der Waals surface area contributed by atoms with Crippen molar-refractivity contribution in [1.82, 2.24) is 9.55 Å². The highest BCUT2D eigenvalue weighted by Gasteiger charge is 2.14. The first-order valence-electron chi connectivity index (χ1n) is 9.57. The first-order valence-corrected chi connectivity index (χ1v) is 10.9. The van der Waals surface area contributed by atoms with Gasteiger partial charge < -0.3 is 0 Å². The van der Waals surface area contributed by atoms with Crippen molar-refractivity contribution in [2.24, 2.45) is 0 Å². The van der Waals surface area contributed by atoms with Crippen molar-refractivity contribution < 1.29 is 4.79 Å². The van der Waals surface area contributed by atoms with Crippen molar-refractivity contribution >= 4 is 40.0 Å². The van der Waals surface area contributed by atoms with E-state index in [9.17, 15) is 9.59 Å². The minimum absolute atomic E-state index is 0.0336. The summed E-state index contributed by atoms with van der Waals surface area (Å²) in [6.45, 7) is 0.498. The summed E-state index contributed by atoms with van der Waals surface area (Å²) in [7, 11) is 0. The van der Waals surface area contributed by atoms with Gasteiger partial charge in [0.1, 0.15) is 0 Å². The standard InChI is InChI=1S/C24H19ClN2O2S/c25-19-12-10-18(11-13-19)22(28)16-30-24-26-21-9-5-4-8-20(21)23(29)27(24)15-14-17-6-2-1-3-7-17/h1-13H,14-16H2. The van der Waals surface area contributed by atoms with Gasteiger partial charge in [0.25, 0.3) is 5.56 Å². The van der Waals surface area contributed by atoms with Crippen LogP contribution in [0.2, 0.25) is 5.02 Å². The summed E-state index contributed by atoms with van der Waals surface area (Å²) in [5.74, 6) is 0.159. The number of aromatic nitrogens is 2. The minimum Gasteiger partial charge on any atom is -0.293 e. The highest BCUT2D eigenvalue weighted by molar-refractivity contribution is 7.99. The van der Waals surface area contributed by atoms with Crippen molar-refractivity contribution in [1.29, 1.82) is 0 Å². The Balaban J connectivity index is 1.62. The van der Waals surface area contributed by atoms with E-state index in [4.69, 9.17) is 11.6 Å². The number of fused-ring (bicyclic) bond motifs is 1. The lowest BCUT2D eigenvalue weighted by Gasteiger charge is -2.13. The van der Waals surface area contributed by atoms with Crippen LogP contribution in [0.5, 0.6) is 0 Å². The van der Waals surface area contributed by atoms with Gasteiger partial charge in [0.05, 0.1) is 16.7 Å². The quantitative estimate of drug-likeness (QED) is 0.226. The largest absolute Gasteiger partial charge is 0.293 e. The van der Waals surface area contributed by atoms with E-state index in [0.717, 1.165) is 5.56 Å². The molecular formula is C24H19ClN2O2S. The van der Waals surface area contributed by atoms with Crippen LogP contribution in [-0.2, 0) is 13.0 Å². The number of Topliss-reactive ketones (excluding diaryl/α,β-unsaturated/α-hetero) is 1. The van der Waals surface area contributed by atoms with E-state index in [1.807, 2.05) is 48.5 Å². The Morgan fingerprint density at radius 1 is 0.933 bits per heavy atom. The number of carbonyl (C=O) groups is 1. The zero-order valence-electron chi connectivity index (χ0n) is 16.1. The number of benzene rings is 3. The number of thioether (sulfide) groups is 1. The monoisotopic (exact) mass is 434 g/mol. The van der Waals surface area contributed by atoms with E-state index >= 15 is 0 Å². The number of aryl methyl sites for hydroxylation is 1. The van der Waals surface area contributed by atoms with Crippen LogP contribution >= 0.6 is 23.4 Å². The SMILES string of the molecule is O=C(CSc1nc2ccccc2c(=O)n1CCc1ccccc1)c1ccc(Cl)cc1. The second-order valence-electron chi connectivity index (χ2n) is 6.82. The van der Waals surface area contributed by atoms with Crippen molar-refractivity contribution in [3.63, 3.8) is 0 Å². The van der Waals surface area contributed by atoms with Gasteiger partial charge in [0.15, 0.2) is 10.9 Å². The maximum atomic E-state index is 13.1. The first-order chi connectivity index (χ1) is 14.6. The fourth-order valence-electron chi connectivity index (χ4n) is 3.19. The lowest BCUT2D eigenvalue weighted by molar-refractivity contribution is 0.102. The Kier molecular flexibility index (Phi) is 6.31. The van der Waals surface area contributed by atoms with Crippen LogP contribution in [0.15, 0.2) is 88.8 Å². The van der Waals surface area contributed by atoms with E-state index in [0.29, 0.717) is 39.6 Å². The van der Waals surface area contributed by atoms with Gasteiger partial charge in [0, 0.05) is 17.1 Å². The maximum Gasteiger partial charge on any atom is 0.262 e. The number of rotatable bonds is 7. The molecule has 0 atom stereocenters. The summed E-state index contributed by atoms with van der Waals surface area (Å²) in [6, 6.07) is 24.1. The maximum absolute atomic E-state index is 13.1. The normalized spacial score (nSPS) is 11.0. The molecule has 0 bridgehead atoms. The predicted molar refractivity (Wildman–Crippen MR) is 123 cm³/mol. The number of para-hydroxylation sites is 1. The van der Waals surface area contributed by atoms with E-state index < -0.39 is 0 Å². The van der Waals surface area contributed by atoms with Gasteiger partial charge in [-0.05, 0) is 48.4 Å². The molecule has 6 heteroatoms. The molecule has 0 N–H and O–H groups in total. The number of carbonyl (C=O) groups excluding carboxylic acids is 1. The molecule has 0 saturated heterocycles. The number of hydrogen-bond acceptors (Lipinski definition) is 4. The molecule has 0 amide bonds. The minimum atomic E-state index is -0.0852. The van der Waals surface area contributed by atoms with Crippen molar-refractivity contribution in [2.75, 3.05) is 5.75 Å². The van der Waals surface area contributed by atoms with Gasteiger partial charge in [-0.15, -0.1) is 0 Å². The van der Waals surface area contributed by atoms with Gasteiger partial charge in [-0.25, -0.2) is 4.98 Å². The Hall–Kier alpha value is -2.89. The molecule has 0 aliphatic carbocycles. The number of nitrogens with zero attached hydrogens (tertiary/aromatic N) is 2. The Morgan fingerprint density at radius 3 is 2.40 bits per heavy atom. The topological polar surface area (TPSA) is 52.0 Å². The number of ketones is 1. The van der Waals surface area contributed by atoms with E-state index in [2.05, 4.69) is 4.98 Å². The van der Waals surface area contributed by atoms with Crippen molar-refractivity contribution in [2.45, 2.75) is 18.1 Å². The predicted octanol–water partition coefficient (Wildman–Crippen LogP) is 5.27. The molecule has 4 nitrogen and oxygen atoms in total. The molecule has 4 aromatic rings. The average molecular weight is 435 g/mol. The molecule has 0 unspecified atom stereocenters. The first kappa shape index (κ1) is 20.4. The van der Waals surface area contributed by atoms with Crippen LogP contribution in [0.1, 0.15) is 15.9 Å². The molecule has 0 aliphatic rings. The molecule has 0 radical (unpaired) electrons. The third kappa shape index (κ3) is 4.64.